The van der Waals surface area contributed by atoms with E-state index in [1.807, 2.05) is 13.1 Å². The molecule has 0 bridgehead atoms. The van der Waals surface area contributed by atoms with E-state index in [2.05, 4.69) is 5.32 Å². The topological polar surface area (TPSA) is 90.9 Å². The van der Waals surface area contributed by atoms with Crippen molar-refractivity contribution in [2.45, 2.75) is 34.1 Å². The summed E-state index contributed by atoms with van der Waals surface area (Å²) in [5.74, 6) is -1.28. The van der Waals surface area contributed by atoms with E-state index in [4.69, 9.17) is 14.2 Å². The van der Waals surface area contributed by atoms with Crippen LogP contribution in [0, 0.1) is 11.8 Å². The van der Waals surface area contributed by atoms with Crippen LogP contribution in [0.3, 0.4) is 0 Å². The lowest BCUT2D eigenvalue weighted by molar-refractivity contribution is -0.138. The molecule has 31 heavy (non-hydrogen) atoms. The fraction of sp³-hybridized carbons (Fsp3) is 0.375. The highest BCUT2D eigenvalue weighted by molar-refractivity contribution is 5.91. The van der Waals surface area contributed by atoms with Crippen LogP contribution in [0.15, 0.2) is 42.5 Å². The Hall–Kier alpha value is -3.19. The Morgan fingerprint density at radius 3 is 2.00 bits per heavy atom. The second-order valence-electron chi connectivity index (χ2n) is 7.70. The van der Waals surface area contributed by atoms with E-state index in [1.54, 1.807) is 39.8 Å². The maximum atomic E-state index is 12.6. The molecule has 0 aliphatic rings. The molecular weight excluding hydrogens is 398 g/mol. The SMILES string of the molecule is CNCCc1ccc(OC(=O)c2ccc(OC(=O)C(C)C)cc2)c(OC(=O)C(C)C)c1. The summed E-state index contributed by atoms with van der Waals surface area (Å²) >= 11 is 0. The van der Waals surface area contributed by atoms with Gasteiger partial charge in [0.25, 0.3) is 0 Å². The van der Waals surface area contributed by atoms with E-state index in [0.717, 1.165) is 18.5 Å². The highest BCUT2D eigenvalue weighted by atomic mass is 16.6. The predicted molar refractivity (Wildman–Crippen MR) is 116 cm³/mol. The number of hydrogen-bond acceptors (Lipinski definition) is 7. The minimum atomic E-state index is -0.619. The molecule has 0 radical (unpaired) electrons. The van der Waals surface area contributed by atoms with E-state index < -0.39 is 11.9 Å². The van der Waals surface area contributed by atoms with Gasteiger partial charge in [-0.3, -0.25) is 9.59 Å². The molecule has 7 nitrogen and oxygen atoms in total. The zero-order valence-corrected chi connectivity index (χ0v) is 18.6. The third-order valence-corrected chi connectivity index (χ3v) is 4.34. The Bertz CT molecular complexity index is 918. The fourth-order valence-electron chi connectivity index (χ4n) is 2.42. The lowest BCUT2D eigenvalue weighted by Gasteiger charge is -2.14. The lowest BCUT2D eigenvalue weighted by Crippen LogP contribution is -2.17. The van der Waals surface area contributed by atoms with Gasteiger partial charge in [0, 0.05) is 0 Å². The average Bonchev–Trinajstić information content (AvgIpc) is 2.74. The molecule has 0 aliphatic carbocycles. The number of likely N-dealkylation sites (N-methyl/N-ethyl adjacent to an activating group) is 1. The van der Waals surface area contributed by atoms with Gasteiger partial charge in [-0.2, -0.15) is 0 Å². The van der Waals surface area contributed by atoms with Crippen molar-refractivity contribution in [1.29, 1.82) is 0 Å². The number of rotatable bonds is 9. The molecule has 0 unspecified atom stereocenters. The third kappa shape index (κ3) is 7.22. The molecule has 0 heterocycles. The van der Waals surface area contributed by atoms with Crippen LogP contribution in [-0.2, 0) is 16.0 Å². The summed E-state index contributed by atoms with van der Waals surface area (Å²) in [4.78, 5) is 36.4. The van der Waals surface area contributed by atoms with Crippen LogP contribution in [0.5, 0.6) is 17.2 Å². The molecular formula is C24H29NO6. The fourth-order valence-corrected chi connectivity index (χ4v) is 2.42. The summed E-state index contributed by atoms with van der Waals surface area (Å²) in [6.07, 6.45) is 0.730. The Morgan fingerprint density at radius 1 is 0.806 bits per heavy atom. The smallest absolute Gasteiger partial charge is 0.343 e. The highest BCUT2D eigenvalue weighted by Crippen LogP contribution is 2.30. The summed E-state index contributed by atoms with van der Waals surface area (Å²) in [5.41, 5.74) is 1.21. The first-order valence-corrected chi connectivity index (χ1v) is 10.2. The zero-order valence-electron chi connectivity index (χ0n) is 18.6. The molecule has 2 rings (SSSR count). The molecule has 0 spiro atoms. The molecule has 2 aromatic rings. The van der Waals surface area contributed by atoms with Crippen molar-refractivity contribution >= 4 is 17.9 Å². The Balaban J connectivity index is 2.18. The maximum Gasteiger partial charge on any atom is 0.343 e. The maximum absolute atomic E-state index is 12.6. The minimum absolute atomic E-state index is 0.155. The first-order chi connectivity index (χ1) is 14.7. The van der Waals surface area contributed by atoms with Gasteiger partial charge in [-0.25, -0.2) is 4.79 Å². The first-order valence-electron chi connectivity index (χ1n) is 10.2. The van der Waals surface area contributed by atoms with Gasteiger partial charge in [0.15, 0.2) is 11.5 Å². The number of carbonyl (C=O) groups is 3. The van der Waals surface area contributed by atoms with E-state index in [9.17, 15) is 14.4 Å². The van der Waals surface area contributed by atoms with Gasteiger partial charge in [0.05, 0.1) is 17.4 Å². The second-order valence-corrected chi connectivity index (χ2v) is 7.70. The lowest BCUT2D eigenvalue weighted by atomic mass is 10.1. The molecule has 2 aromatic carbocycles. The quantitative estimate of drug-likeness (QED) is 0.481. The molecule has 0 atom stereocenters. The minimum Gasteiger partial charge on any atom is -0.426 e. The summed E-state index contributed by atoms with van der Waals surface area (Å²) in [5, 5.41) is 3.06. The largest absolute Gasteiger partial charge is 0.426 e. The number of hydrogen-bond donors (Lipinski definition) is 1. The van der Waals surface area contributed by atoms with Crippen molar-refractivity contribution in [3.63, 3.8) is 0 Å². The summed E-state index contributed by atoms with van der Waals surface area (Å²) in [6.45, 7) is 7.69. The van der Waals surface area contributed by atoms with Crippen LogP contribution in [0.1, 0.15) is 43.6 Å². The second kappa shape index (κ2) is 11.3. The Morgan fingerprint density at radius 2 is 1.42 bits per heavy atom. The predicted octanol–water partition coefficient (Wildman–Crippen LogP) is 3.79. The molecule has 0 fully saturated rings. The van der Waals surface area contributed by atoms with Gasteiger partial charge in [-0.1, -0.05) is 33.8 Å². The van der Waals surface area contributed by atoms with Crippen LogP contribution in [0.4, 0.5) is 0 Å². The molecule has 7 heteroatoms. The number of carbonyl (C=O) groups excluding carboxylic acids is 3. The van der Waals surface area contributed by atoms with E-state index in [1.165, 1.54) is 24.3 Å². The van der Waals surface area contributed by atoms with Gasteiger partial charge in [-0.05, 0) is 62.0 Å². The van der Waals surface area contributed by atoms with E-state index in [-0.39, 0.29) is 34.9 Å². The highest BCUT2D eigenvalue weighted by Gasteiger charge is 2.18. The van der Waals surface area contributed by atoms with Crippen LogP contribution in [-0.4, -0.2) is 31.5 Å². The summed E-state index contributed by atoms with van der Waals surface area (Å²) < 4.78 is 16.2. The van der Waals surface area contributed by atoms with Crippen LogP contribution >= 0.6 is 0 Å². The van der Waals surface area contributed by atoms with Gasteiger partial charge < -0.3 is 19.5 Å². The van der Waals surface area contributed by atoms with Crippen molar-refractivity contribution < 1.29 is 28.6 Å². The first kappa shape index (κ1) is 24.1. The molecule has 0 aliphatic heterocycles. The normalized spacial score (nSPS) is 10.8. The Labute approximate surface area is 182 Å². The van der Waals surface area contributed by atoms with Gasteiger partial charge in [0.2, 0.25) is 0 Å². The van der Waals surface area contributed by atoms with Gasteiger partial charge in [0.1, 0.15) is 5.75 Å². The third-order valence-electron chi connectivity index (χ3n) is 4.34. The number of nitrogens with one attached hydrogen (secondary N) is 1. The van der Waals surface area contributed by atoms with Crippen molar-refractivity contribution in [2.24, 2.45) is 11.8 Å². The molecule has 166 valence electrons. The molecule has 1 N–H and O–H groups in total. The average molecular weight is 427 g/mol. The zero-order chi connectivity index (χ0) is 23.0. The van der Waals surface area contributed by atoms with Crippen molar-refractivity contribution in [3.05, 3.63) is 53.6 Å². The number of esters is 3. The molecule has 0 saturated heterocycles. The standard InChI is InChI=1S/C24H29NO6/c1-15(2)22(26)29-19-9-7-18(8-10-19)24(28)30-20-11-6-17(12-13-25-5)14-21(20)31-23(27)16(3)4/h6-11,14-16,25H,12-13H2,1-5H3. The van der Waals surface area contributed by atoms with Gasteiger partial charge in [-0.15, -0.1) is 0 Å². The van der Waals surface area contributed by atoms with Crippen molar-refractivity contribution in [3.8, 4) is 17.2 Å². The molecule has 0 saturated carbocycles. The van der Waals surface area contributed by atoms with Crippen LogP contribution in [0.2, 0.25) is 0 Å². The summed E-state index contributed by atoms with van der Waals surface area (Å²) in [7, 11) is 1.85. The summed E-state index contributed by atoms with van der Waals surface area (Å²) in [6, 6.07) is 11.2. The monoisotopic (exact) mass is 427 g/mol. The Kier molecular flexibility index (Phi) is 8.75. The van der Waals surface area contributed by atoms with Crippen molar-refractivity contribution in [2.75, 3.05) is 13.6 Å². The van der Waals surface area contributed by atoms with Crippen molar-refractivity contribution in [1.82, 2.24) is 5.32 Å². The van der Waals surface area contributed by atoms with E-state index >= 15 is 0 Å². The molecule has 0 amide bonds. The molecule has 0 aromatic heterocycles. The van der Waals surface area contributed by atoms with Gasteiger partial charge >= 0.3 is 17.9 Å². The van der Waals surface area contributed by atoms with Crippen LogP contribution < -0.4 is 19.5 Å². The van der Waals surface area contributed by atoms with Crippen LogP contribution in [0.25, 0.3) is 0 Å². The number of ether oxygens (including phenoxy) is 3. The number of benzene rings is 2. The van der Waals surface area contributed by atoms with E-state index in [0.29, 0.717) is 5.75 Å².